The van der Waals surface area contributed by atoms with Gasteiger partial charge in [-0.3, -0.25) is 9.48 Å². The fourth-order valence-electron chi connectivity index (χ4n) is 2.57. The minimum absolute atomic E-state index is 0.118. The van der Waals surface area contributed by atoms with Gasteiger partial charge in [-0.05, 0) is 13.8 Å². The molecule has 0 amide bonds. The van der Waals surface area contributed by atoms with E-state index in [1.54, 1.807) is 4.68 Å². The Kier molecular flexibility index (Phi) is 4.67. The van der Waals surface area contributed by atoms with Crippen LogP contribution in [-0.4, -0.2) is 15.9 Å². The lowest BCUT2D eigenvalue weighted by atomic mass is 10.2. The van der Waals surface area contributed by atoms with Crippen molar-refractivity contribution in [2.24, 2.45) is 7.05 Å². The first-order chi connectivity index (χ1) is 10.1. The molecule has 0 atom stereocenters. The minimum Gasteiger partial charge on any atom is -0.391 e. The number of hydrogen-bond acceptors (Lipinski definition) is 3. The molecule has 2 rings (SSSR count). The smallest absolute Gasteiger partial charge is 0.292 e. The van der Waals surface area contributed by atoms with Crippen LogP contribution in [0.1, 0.15) is 19.5 Å². The van der Waals surface area contributed by atoms with Crippen LogP contribution in [0, 0.1) is 0 Å². The predicted octanol–water partition coefficient (Wildman–Crippen LogP) is 0.751. The third-order valence-corrected chi connectivity index (χ3v) is 3.70. The number of anilines is 2. The first kappa shape index (κ1) is 15.2. The molecular weight excluding hydrogens is 266 g/mol. The molecule has 0 aliphatic heterocycles. The van der Waals surface area contributed by atoms with Crippen molar-refractivity contribution >= 4 is 11.5 Å². The Labute approximate surface area is 124 Å². The van der Waals surface area contributed by atoms with Gasteiger partial charge >= 0.3 is 0 Å². The van der Waals surface area contributed by atoms with E-state index in [9.17, 15) is 4.79 Å². The van der Waals surface area contributed by atoms with E-state index in [0.29, 0.717) is 18.8 Å². The number of aryl methyl sites for hydroxylation is 1. The van der Waals surface area contributed by atoms with Gasteiger partial charge in [0.1, 0.15) is 18.6 Å². The molecule has 0 saturated carbocycles. The molecule has 0 spiro atoms. The predicted molar refractivity (Wildman–Crippen MR) is 84.3 cm³/mol. The summed E-state index contributed by atoms with van der Waals surface area (Å²) in [5, 5.41) is 3.31. The number of nitrogens with two attached hydrogens (primary N) is 1. The van der Waals surface area contributed by atoms with Crippen molar-refractivity contribution in [3.63, 3.8) is 0 Å². The van der Waals surface area contributed by atoms with Gasteiger partial charge in [-0.15, -0.1) is 0 Å². The molecular formula is C15H24N5O+. The van der Waals surface area contributed by atoms with Crippen molar-refractivity contribution < 1.29 is 4.57 Å². The maximum Gasteiger partial charge on any atom is 0.292 e. The van der Waals surface area contributed by atoms with Gasteiger partial charge in [-0.25, -0.2) is 9.25 Å². The van der Waals surface area contributed by atoms with Crippen molar-refractivity contribution in [2.75, 3.05) is 17.6 Å². The third-order valence-electron chi connectivity index (χ3n) is 3.70. The van der Waals surface area contributed by atoms with Gasteiger partial charge in [0, 0.05) is 38.2 Å². The van der Waals surface area contributed by atoms with Crippen LogP contribution in [0.3, 0.4) is 0 Å². The second-order valence-electron chi connectivity index (χ2n) is 4.98. The summed E-state index contributed by atoms with van der Waals surface area (Å²) in [6, 6.07) is 6.12. The lowest BCUT2D eigenvalue weighted by molar-refractivity contribution is -0.679. The second-order valence-corrected chi connectivity index (χ2v) is 4.98. The summed E-state index contributed by atoms with van der Waals surface area (Å²) in [5.74, 6) is 0.725. The van der Waals surface area contributed by atoms with E-state index in [0.717, 1.165) is 18.8 Å². The van der Waals surface area contributed by atoms with Crippen molar-refractivity contribution in [1.82, 2.24) is 9.36 Å². The Morgan fingerprint density at radius 2 is 1.95 bits per heavy atom. The van der Waals surface area contributed by atoms with Crippen molar-refractivity contribution in [2.45, 2.75) is 33.4 Å². The van der Waals surface area contributed by atoms with Crippen LogP contribution < -0.4 is 21.2 Å². The largest absolute Gasteiger partial charge is 0.391 e. The zero-order chi connectivity index (χ0) is 15.4. The molecule has 2 heterocycles. The van der Waals surface area contributed by atoms with Crippen LogP contribution in [0.2, 0.25) is 0 Å². The summed E-state index contributed by atoms with van der Waals surface area (Å²) in [4.78, 5) is 12.1. The Hall–Kier alpha value is -2.24. The quantitative estimate of drug-likeness (QED) is 0.771. The van der Waals surface area contributed by atoms with E-state index in [1.807, 2.05) is 43.9 Å². The maximum absolute atomic E-state index is 12.1. The molecule has 6 heteroatoms. The minimum atomic E-state index is -0.118. The summed E-state index contributed by atoms with van der Waals surface area (Å²) in [6.07, 6.45) is 2.89. The lowest BCUT2D eigenvalue weighted by Crippen LogP contribution is -2.33. The molecule has 0 aliphatic rings. The van der Waals surface area contributed by atoms with E-state index in [4.69, 9.17) is 5.73 Å². The topological polar surface area (TPSA) is 68.9 Å². The van der Waals surface area contributed by atoms with Crippen LogP contribution >= 0.6 is 0 Å². The van der Waals surface area contributed by atoms with E-state index in [-0.39, 0.29) is 5.56 Å². The number of aromatic nitrogens is 3. The standard InChI is InChI=1S/C15H23N5O/c1-4-19-14(13(16)15(21)20(19)5-2)17-10-9-12-8-6-7-11-18(12)3/h6-8,11H,4-5,9-10,16H2,1-3H3/p+1. The maximum atomic E-state index is 12.1. The van der Waals surface area contributed by atoms with Gasteiger partial charge in [0.2, 0.25) is 0 Å². The average molecular weight is 290 g/mol. The fourth-order valence-corrected chi connectivity index (χ4v) is 2.57. The first-order valence-corrected chi connectivity index (χ1v) is 7.36. The molecule has 6 nitrogen and oxygen atoms in total. The molecule has 0 fully saturated rings. The zero-order valence-corrected chi connectivity index (χ0v) is 13.0. The molecule has 0 unspecified atom stereocenters. The van der Waals surface area contributed by atoms with Gasteiger partial charge in [0.15, 0.2) is 11.9 Å². The van der Waals surface area contributed by atoms with Gasteiger partial charge in [0.05, 0.1) is 0 Å². The third kappa shape index (κ3) is 2.94. The summed E-state index contributed by atoms with van der Waals surface area (Å²) < 4.78 is 5.66. The summed E-state index contributed by atoms with van der Waals surface area (Å²) in [5.41, 5.74) is 7.35. The highest BCUT2D eigenvalue weighted by Crippen LogP contribution is 2.15. The van der Waals surface area contributed by atoms with E-state index in [2.05, 4.69) is 16.0 Å². The Bertz CT molecular complexity index is 671. The van der Waals surface area contributed by atoms with Crippen molar-refractivity contribution in [3.05, 3.63) is 40.4 Å². The average Bonchev–Trinajstić information content (AvgIpc) is 2.72. The highest BCUT2D eigenvalue weighted by molar-refractivity contribution is 5.61. The van der Waals surface area contributed by atoms with Gasteiger partial charge in [-0.1, -0.05) is 6.07 Å². The van der Waals surface area contributed by atoms with Crippen molar-refractivity contribution in [3.8, 4) is 0 Å². The number of pyridine rings is 1. The molecule has 0 aliphatic carbocycles. The number of nitrogens with one attached hydrogen (secondary N) is 1. The molecule has 2 aromatic heterocycles. The zero-order valence-electron chi connectivity index (χ0n) is 13.0. The SMILES string of the molecule is CCn1c(NCCc2cccc[n+]2C)c(N)c(=O)n1CC. The normalized spacial score (nSPS) is 10.8. The number of rotatable bonds is 6. The molecule has 2 aromatic rings. The number of hydrogen-bond donors (Lipinski definition) is 2. The highest BCUT2D eigenvalue weighted by Gasteiger charge is 2.15. The molecule has 3 N–H and O–H groups in total. The molecule has 114 valence electrons. The first-order valence-electron chi connectivity index (χ1n) is 7.36. The van der Waals surface area contributed by atoms with Crippen molar-refractivity contribution in [1.29, 1.82) is 0 Å². The molecule has 0 radical (unpaired) electrons. The van der Waals surface area contributed by atoms with Gasteiger partial charge in [0.25, 0.3) is 5.56 Å². The van der Waals surface area contributed by atoms with E-state index < -0.39 is 0 Å². The summed E-state index contributed by atoms with van der Waals surface area (Å²) in [6.45, 7) is 6.01. The lowest BCUT2D eigenvalue weighted by Gasteiger charge is -2.12. The van der Waals surface area contributed by atoms with E-state index >= 15 is 0 Å². The monoisotopic (exact) mass is 290 g/mol. The van der Waals surface area contributed by atoms with Crippen LogP contribution in [0.15, 0.2) is 29.2 Å². The molecule has 21 heavy (non-hydrogen) atoms. The van der Waals surface area contributed by atoms with Crippen LogP contribution in [0.5, 0.6) is 0 Å². The number of nitrogen functional groups attached to an aromatic ring is 1. The Balaban J connectivity index is 2.14. The molecule has 0 bridgehead atoms. The Morgan fingerprint density at radius 1 is 1.24 bits per heavy atom. The molecule has 0 saturated heterocycles. The Morgan fingerprint density at radius 3 is 2.57 bits per heavy atom. The van der Waals surface area contributed by atoms with Crippen LogP contribution in [0.25, 0.3) is 0 Å². The van der Waals surface area contributed by atoms with Crippen LogP contribution in [-0.2, 0) is 26.6 Å². The van der Waals surface area contributed by atoms with Crippen LogP contribution in [0.4, 0.5) is 11.5 Å². The van der Waals surface area contributed by atoms with Gasteiger partial charge < -0.3 is 11.1 Å². The fraction of sp³-hybridized carbons (Fsp3) is 0.467. The summed E-state index contributed by atoms with van der Waals surface area (Å²) in [7, 11) is 2.03. The highest BCUT2D eigenvalue weighted by atomic mass is 16.1. The number of nitrogens with zero attached hydrogens (tertiary/aromatic N) is 3. The van der Waals surface area contributed by atoms with Gasteiger partial charge in [-0.2, -0.15) is 0 Å². The summed E-state index contributed by atoms with van der Waals surface area (Å²) >= 11 is 0. The second kappa shape index (κ2) is 6.47. The van der Waals surface area contributed by atoms with E-state index in [1.165, 1.54) is 5.69 Å². The molecule has 0 aromatic carbocycles.